The third kappa shape index (κ3) is 2.98. The zero-order valence-electron chi connectivity index (χ0n) is 11.9. The van der Waals surface area contributed by atoms with Crippen molar-refractivity contribution in [2.24, 2.45) is 5.73 Å². The second-order valence-electron chi connectivity index (χ2n) is 5.80. The predicted molar refractivity (Wildman–Crippen MR) is 80.0 cm³/mol. The molecule has 2 aromatic carbocycles. The third-order valence-electron chi connectivity index (χ3n) is 4.40. The lowest BCUT2D eigenvalue weighted by atomic mass is 9.77. The maximum atomic E-state index is 13.8. The molecule has 1 aliphatic rings. The van der Waals surface area contributed by atoms with Gasteiger partial charge < -0.3 is 5.73 Å². The van der Waals surface area contributed by atoms with E-state index in [4.69, 9.17) is 5.73 Å². The molecule has 110 valence electrons. The number of benzene rings is 2. The van der Waals surface area contributed by atoms with Gasteiger partial charge in [0.1, 0.15) is 11.6 Å². The molecule has 21 heavy (non-hydrogen) atoms. The van der Waals surface area contributed by atoms with Crippen LogP contribution in [0.4, 0.5) is 8.78 Å². The summed E-state index contributed by atoms with van der Waals surface area (Å²) in [6.45, 7) is 0. The quantitative estimate of drug-likeness (QED) is 0.882. The zero-order valence-corrected chi connectivity index (χ0v) is 11.9. The summed E-state index contributed by atoms with van der Waals surface area (Å²) in [5, 5.41) is 0. The molecule has 0 bridgehead atoms. The van der Waals surface area contributed by atoms with E-state index in [2.05, 4.69) is 6.07 Å². The Morgan fingerprint density at radius 2 is 1.86 bits per heavy atom. The van der Waals surface area contributed by atoms with Crippen LogP contribution >= 0.6 is 0 Å². The van der Waals surface area contributed by atoms with Gasteiger partial charge in [-0.1, -0.05) is 36.8 Å². The van der Waals surface area contributed by atoms with E-state index in [-0.39, 0.29) is 6.04 Å². The molecule has 0 amide bonds. The zero-order chi connectivity index (χ0) is 14.8. The van der Waals surface area contributed by atoms with Gasteiger partial charge in [-0.15, -0.1) is 0 Å². The highest BCUT2D eigenvalue weighted by molar-refractivity contribution is 5.35. The fourth-order valence-corrected chi connectivity index (χ4v) is 2.97. The van der Waals surface area contributed by atoms with Crippen LogP contribution in [0.1, 0.15) is 47.9 Å². The molecule has 1 aliphatic carbocycles. The van der Waals surface area contributed by atoms with Crippen LogP contribution in [0.2, 0.25) is 0 Å². The van der Waals surface area contributed by atoms with Gasteiger partial charge in [-0.3, -0.25) is 0 Å². The standard InChI is InChI=1S/C18H19F2N/c19-14-9-8-13(17(20)11-14)10-18(21)16-7-2-1-6-15(16)12-4-3-5-12/h1-2,6-9,11-12,18H,3-5,10,21H2. The van der Waals surface area contributed by atoms with Gasteiger partial charge in [0.05, 0.1) is 0 Å². The highest BCUT2D eigenvalue weighted by atomic mass is 19.1. The molecule has 0 saturated heterocycles. The summed E-state index contributed by atoms with van der Waals surface area (Å²) in [5.41, 5.74) is 9.14. The van der Waals surface area contributed by atoms with Crippen molar-refractivity contribution < 1.29 is 8.78 Å². The Hall–Kier alpha value is -1.74. The fourth-order valence-electron chi connectivity index (χ4n) is 2.97. The van der Waals surface area contributed by atoms with E-state index in [0.717, 1.165) is 11.6 Å². The highest BCUT2D eigenvalue weighted by Crippen LogP contribution is 2.39. The van der Waals surface area contributed by atoms with E-state index in [0.29, 0.717) is 17.9 Å². The van der Waals surface area contributed by atoms with Crippen molar-refractivity contribution in [2.45, 2.75) is 37.6 Å². The Morgan fingerprint density at radius 1 is 1.10 bits per heavy atom. The van der Waals surface area contributed by atoms with E-state index >= 15 is 0 Å². The molecule has 0 radical (unpaired) electrons. The molecule has 2 aromatic rings. The Balaban J connectivity index is 1.83. The van der Waals surface area contributed by atoms with Gasteiger partial charge in [0.2, 0.25) is 0 Å². The van der Waals surface area contributed by atoms with Crippen molar-refractivity contribution in [1.29, 1.82) is 0 Å². The number of hydrogen-bond acceptors (Lipinski definition) is 1. The molecule has 3 rings (SSSR count). The first-order chi connectivity index (χ1) is 10.1. The Morgan fingerprint density at radius 3 is 2.52 bits per heavy atom. The van der Waals surface area contributed by atoms with E-state index in [1.54, 1.807) is 0 Å². The average molecular weight is 287 g/mol. The Bertz CT molecular complexity index is 635. The summed E-state index contributed by atoms with van der Waals surface area (Å²) >= 11 is 0. The van der Waals surface area contributed by atoms with Gasteiger partial charge >= 0.3 is 0 Å². The SMILES string of the molecule is NC(Cc1ccc(F)cc1F)c1ccccc1C1CCC1. The second-order valence-corrected chi connectivity index (χ2v) is 5.80. The molecular weight excluding hydrogens is 268 g/mol. The van der Waals surface area contributed by atoms with Gasteiger partial charge in [-0.2, -0.15) is 0 Å². The minimum Gasteiger partial charge on any atom is -0.324 e. The Kier molecular flexibility index (Phi) is 4.02. The van der Waals surface area contributed by atoms with Crippen LogP contribution < -0.4 is 5.73 Å². The normalized spacial score (nSPS) is 16.5. The lowest BCUT2D eigenvalue weighted by molar-refractivity contribution is 0.415. The predicted octanol–water partition coefficient (Wildman–Crippen LogP) is 4.47. The number of nitrogens with two attached hydrogens (primary N) is 1. The van der Waals surface area contributed by atoms with Gasteiger partial charge in [0.15, 0.2) is 0 Å². The maximum absolute atomic E-state index is 13.8. The van der Waals surface area contributed by atoms with Gasteiger partial charge in [-0.25, -0.2) is 8.78 Å². The van der Waals surface area contributed by atoms with Crippen molar-refractivity contribution in [1.82, 2.24) is 0 Å². The van der Waals surface area contributed by atoms with E-state index < -0.39 is 11.6 Å². The van der Waals surface area contributed by atoms with Crippen molar-refractivity contribution in [2.75, 3.05) is 0 Å². The summed E-state index contributed by atoms with van der Waals surface area (Å²) in [4.78, 5) is 0. The molecule has 0 heterocycles. The minimum absolute atomic E-state index is 0.262. The Labute approximate surface area is 123 Å². The molecular formula is C18H19F2N. The molecule has 1 saturated carbocycles. The second kappa shape index (κ2) is 5.94. The van der Waals surface area contributed by atoms with E-state index in [1.807, 2.05) is 18.2 Å². The van der Waals surface area contributed by atoms with Crippen LogP contribution in [0.25, 0.3) is 0 Å². The van der Waals surface area contributed by atoms with Crippen LogP contribution in [0.3, 0.4) is 0 Å². The van der Waals surface area contributed by atoms with Crippen molar-refractivity contribution in [3.63, 3.8) is 0 Å². The molecule has 0 aromatic heterocycles. The number of rotatable bonds is 4. The largest absolute Gasteiger partial charge is 0.324 e. The van der Waals surface area contributed by atoms with Crippen molar-refractivity contribution >= 4 is 0 Å². The molecule has 1 nitrogen and oxygen atoms in total. The lowest BCUT2D eigenvalue weighted by Crippen LogP contribution is -2.19. The summed E-state index contributed by atoms with van der Waals surface area (Å²) in [5.74, 6) is -0.489. The molecule has 3 heteroatoms. The van der Waals surface area contributed by atoms with Gasteiger partial charge in [-0.05, 0) is 47.9 Å². The lowest BCUT2D eigenvalue weighted by Gasteiger charge is -2.29. The third-order valence-corrected chi connectivity index (χ3v) is 4.40. The van der Waals surface area contributed by atoms with Crippen molar-refractivity contribution in [3.8, 4) is 0 Å². The molecule has 1 unspecified atom stereocenters. The fraction of sp³-hybridized carbons (Fsp3) is 0.333. The number of halogens is 2. The molecule has 0 spiro atoms. The summed E-state index contributed by atoms with van der Waals surface area (Å²) < 4.78 is 26.7. The summed E-state index contributed by atoms with van der Waals surface area (Å²) in [6.07, 6.45) is 4.06. The van der Waals surface area contributed by atoms with Gasteiger partial charge in [0.25, 0.3) is 0 Å². The smallest absolute Gasteiger partial charge is 0.129 e. The first-order valence-electron chi connectivity index (χ1n) is 7.43. The minimum atomic E-state index is -0.556. The van der Waals surface area contributed by atoms with E-state index in [9.17, 15) is 8.78 Å². The molecule has 2 N–H and O–H groups in total. The molecule has 0 aliphatic heterocycles. The first-order valence-corrected chi connectivity index (χ1v) is 7.43. The van der Waals surface area contributed by atoms with Crippen LogP contribution in [-0.4, -0.2) is 0 Å². The van der Waals surface area contributed by atoms with E-state index in [1.165, 1.54) is 37.0 Å². The van der Waals surface area contributed by atoms with Crippen LogP contribution in [0, 0.1) is 11.6 Å². The summed E-state index contributed by atoms with van der Waals surface area (Å²) in [7, 11) is 0. The highest BCUT2D eigenvalue weighted by Gasteiger charge is 2.24. The van der Waals surface area contributed by atoms with Crippen molar-refractivity contribution in [3.05, 3.63) is 70.8 Å². The van der Waals surface area contributed by atoms with Crippen LogP contribution in [-0.2, 0) is 6.42 Å². The van der Waals surface area contributed by atoms with Gasteiger partial charge in [0, 0.05) is 12.1 Å². The van der Waals surface area contributed by atoms with Crippen LogP contribution in [0.5, 0.6) is 0 Å². The first kappa shape index (κ1) is 14.2. The summed E-state index contributed by atoms with van der Waals surface area (Å²) in [6, 6.07) is 11.6. The van der Waals surface area contributed by atoms with Crippen LogP contribution in [0.15, 0.2) is 42.5 Å². The molecule has 1 fully saturated rings. The number of hydrogen-bond donors (Lipinski definition) is 1. The maximum Gasteiger partial charge on any atom is 0.129 e. The monoisotopic (exact) mass is 287 g/mol. The average Bonchev–Trinajstić information content (AvgIpc) is 2.40. The topological polar surface area (TPSA) is 26.0 Å². The molecule has 1 atom stereocenters.